The van der Waals surface area contributed by atoms with Crippen LogP contribution >= 0.6 is 11.6 Å². The number of sulfonamides is 1. The Morgan fingerprint density at radius 2 is 2.23 bits per heavy atom. The second-order valence-electron chi connectivity index (χ2n) is 5.26. The molecule has 3 rings (SSSR count). The molecule has 3 heterocycles. The van der Waals surface area contributed by atoms with Crippen molar-refractivity contribution < 1.29 is 12.6 Å². The zero-order chi connectivity index (χ0) is 15.9. The molecule has 1 N–H and O–H groups in total. The van der Waals surface area contributed by atoms with Crippen molar-refractivity contribution in [3.05, 3.63) is 23.5 Å². The van der Waals surface area contributed by atoms with E-state index in [4.69, 9.17) is 11.6 Å². The van der Waals surface area contributed by atoms with Crippen molar-refractivity contribution in [2.75, 3.05) is 18.8 Å². The molecule has 0 aliphatic carbocycles. The summed E-state index contributed by atoms with van der Waals surface area (Å²) < 4.78 is 39.1. The van der Waals surface area contributed by atoms with Crippen molar-refractivity contribution in [3.8, 4) is 0 Å². The smallest absolute Gasteiger partial charge is 0.245 e. The molecule has 6 nitrogen and oxygen atoms in total. The van der Waals surface area contributed by atoms with E-state index in [1.807, 2.05) is 6.92 Å². The number of halogens is 1. The van der Waals surface area contributed by atoms with Crippen molar-refractivity contribution in [1.29, 1.82) is 0 Å². The van der Waals surface area contributed by atoms with Crippen molar-refractivity contribution in [2.24, 2.45) is 0 Å². The van der Waals surface area contributed by atoms with Crippen LogP contribution < -0.4 is 0 Å². The SMILES string of the molecule is C[C@H]1CCN(S(=O)(=O)c2c[nH]c3nccc(Cl)c23)CC[S@]1=O. The van der Waals surface area contributed by atoms with Crippen LogP contribution in [0.4, 0.5) is 0 Å². The first-order valence-corrected chi connectivity index (χ1v) is 10.1. The van der Waals surface area contributed by atoms with Crippen LogP contribution in [0.1, 0.15) is 13.3 Å². The van der Waals surface area contributed by atoms with Gasteiger partial charge in [0.15, 0.2) is 0 Å². The van der Waals surface area contributed by atoms with Gasteiger partial charge >= 0.3 is 0 Å². The molecule has 22 heavy (non-hydrogen) atoms. The first-order chi connectivity index (χ1) is 10.4. The molecule has 1 aliphatic rings. The maximum Gasteiger partial charge on any atom is 0.245 e. The molecule has 120 valence electrons. The number of aromatic amines is 1. The van der Waals surface area contributed by atoms with E-state index in [0.717, 1.165) is 0 Å². The van der Waals surface area contributed by atoms with Crippen LogP contribution in [-0.2, 0) is 20.8 Å². The average Bonchev–Trinajstić information content (AvgIpc) is 2.85. The highest BCUT2D eigenvalue weighted by Gasteiger charge is 2.31. The monoisotopic (exact) mass is 361 g/mol. The number of rotatable bonds is 2. The lowest BCUT2D eigenvalue weighted by atomic mass is 10.3. The van der Waals surface area contributed by atoms with E-state index in [1.54, 1.807) is 6.07 Å². The van der Waals surface area contributed by atoms with Gasteiger partial charge in [0.05, 0.1) is 10.4 Å². The largest absolute Gasteiger partial charge is 0.345 e. The molecule has 0 aromatic carbocycles. The number of fused-ring (bicyclic) bond motifs is 1. The fourth-order valence-electron chi connectivity index (χ4n) is 2.53. The number of nitrogens with one attached hydrogen (secondary N) is 1. The summed E-state index contributed by atoms with van der Waals surface area (Å²) in [5, 5.41) is 0.757. The molecule has 0 saturated carbocycles. The third-order valence-corrected chi connectivity index (χ3v) is 7.84. The Morgan fingerprint density at radius 1 is 1.45 bits per heavy atom. The Bertz CT molecular complexity index is 834. The molecular formula is C13H16ClN3O3S2. The summed E-state index contributed by atoms with van der Waals surface area (Å²) in [5.74, 6) is 0.356. The van der Waals surface area contributed by atoms with Gasteiger partial charge in [-0.05, 0) is 12.5 Å². The minimum atomic E-state index is -3.69. The molecule has 0 radical (unpaired) electrons. The lowest BCUT2D eigenvalue weighted by Crippen LogP contribution is -2.33. The van der Waals surface area contributed by atoms with E-state index >= 15 is 0 Å². The summed E-state index contributed by atoms with van der Waals surface area (Å²) >= 11 is 6.14. The minimum Gasteiger partial charge on any atom is -0.345 e. The summed E-state index contributed by atoms with van der Waals surface area (Å²) in [5.41, 5.74) is 0.442. The summed E-state index contributed by atoms with van der Waals surface area (Å²) in [7, 11) is -4.68. The number of H-pyrrole nitrogens is 1. The predicted octanol–water partition coefficient (Wildman–Crippen LogP) is 1.75. The Morgan fingerprint density at radius 3 is 3.00 bits per heavy atom. The topological polar surface area (TPSA) is 83.1 Å². The zero-order valence-corrected chi connectivity index (χ0v) is 14.3. The van der Waals surface area contributed by atoms with Gasteiger partial charge in [0.25, 0.3) is 0 Å². The summed E-state index contributed by atoms with van der Waals surface area (Å²) in [6, 6.07) is 1.57. The van der Waals surface area contributed by atoms with Gasteiger partial charge in [0, 0.05) is 47.3 Å². The molecule has 1 aliphatic heterocycles. The molecule has 2 aromatic heterocycles. The molecule has 0 bridgehead atoms. The minimum absolute atomic E-state index is 0.00780. The number of aromatic nitrogens is 2. The number of pyridine rings is 1. The number of hydrogen-bond donors (Lipinski definition) is 1. The van der Waals surface area contributed by atoms with E-state index in [9.17, 15) is 12.6 Å². The third-order valence-electron chi connectivity index (χ3n) is 3.88. The lowest BCUT2D eigenvalue weighted by Gasteiger charge is -2.19. The molecular weight excluding hydrogens is 346 g/mol. The number of hydrogen-bond acceptors (Lipinski definition) is 4. The van der Waals surface area contributed by atoms with Gasteiger partial charge in [-0.2, -0.15) is 4.31 Å². The molecule has 9 heteroatoms. The Balaban J connectivity index is 2.03. The van der Waals surface area contributed by atoms with Gasteiger partial charge in [-0.3, -0.25) is 4.21 Å². The normalized spacial score (nSPS) is 24.5. The van der Waals surface area contributed by atoms with Gasteiger partial charge in [0.2, 0.25) is 10.0 Å². The zero-order valence-electron chi connectivity index (χ0n) is 12.0. The van der Waals surface area contributed by atoms with Crippen LogP contribution in [0.5, 0.6) is 0 Å². The molecule has 0 amide bonds. The second-order valence-corrected chi connectivity index (χ2v) is 9.55. The van der Waals surface area contributed by atoms with Gasteiger partial charge in [0.1, 0.15) is 10.5 Å². The number of nitrogens with zero attached hydrogens (tertiary/aromatic N) is 2. The highest BCUT2D eigenvalue weighted by Crippen LogP contribution is 2.30. The molecule has 1 saturated heterocycles. The van der Waals surface area contributed by atoms with Crippen LogP contribution in [0.25, 0.3) is 11.0 Å². The van der Waals surface area contributed by atoms with Crippen molar-refractivity contribution in [2.45, 2.75) is 23.5 Å². The molecule has 2 atom stereocenters. The van der Waals surface area contributed by atoms with Crippen molar-refractivity contribution in [1.82, 2.24) is 14.3 Å². The Kier molecular flexibility index (Phi) is 4.28. The third kappa shape index (κ3) is 2.68. The van der Waals surface area contributed by atoms with Crippen LogP contribution in [-0.4, -0.2) is 51.0 Å². The fraction of sp³-hybridized carbons (Fsp3) is 0.462. The molecule has 2 aromatic rings. The maximum atomic E-state index is 12.9. The van der Waals surface area contributed by atoms with Crippen LogP contribution in [0, 0.1) is 0 Å². The van der Waals surface area contributed by atoms with E-state index < -0.39 is 20.8 Å². The molecule has 0 spiro atoms. The van der Waals surface area contributed by atoms with Crippen LogP contribution in [0.2, 0.25) is 5.02 Å². The standard InChI is InChI=1S/C13H16ClN3O3S2/c1-9-3-5-17(6-7-21(9)18)22(19,20)11-8-16-13-12(11)10(14)2-4-15-13/h2,4,8-9H,3,5-7H2,1H3,(H,15,16)/t9-,21+/m0/s1. The van der Waals surface area contributed by atoms with Gasteiger partial charge in [-0.1, -0.05) is 18.5 Å². The van der Waals surface area contributed by atoms with E-state index in [2.05, 4.69) is 9.97 Å². The van der Waals surface area contributed by atoms with Crippen LogP contribution in [0.15, 0.2) is 23.4 Å². The van der Waals surface area contributed by atoms with E-state index in [1.165, 1.54) is 16.7 Å². The first-order valence-electron chi connectivity index (χ1n) is 6.90. The summed E-state index contributed by atoms with van der Waals surface area (Å²) in [4.78, 5) is 7.06. The Hall–Kier alpha value is -0.960. The first kappa shape index (κ1) is 15.9. The molecule has 0 unspecified atom stereocenters. The Labute approximate surface area is 136 Å². The van der Waals surface area contributed by atoms with E-state index in [-0.39, 0.29) is 16.7 Å². The molecule has 1 fully saturated rings. The van der Waals surface area contributed by atoms with Gasteiger partial charge in [-0.15, -0.1) is 0 Å². The summed E-state index contributed by atoms with van der Waals surface area (Å²) in [6.45, 7) is 2.50. The maximum absolute atomic E-state index is 12.9. The lowest BCUT2D eigenvalue weighted by molar-refractivity contribution is 0.429. The van der Waals surface area contributed by atoms with Gasteiger partial charge in [-0.25, -0.2) is 13.4 Å². The predicted molar refractivity (Wildman–Crippen MR) is 87.0 cm³/mol. The average molecular weight is 362 g/mol. The van der Waals surface area contributed by atoms with E-state index in [0.29, 0.717) is 34.8 Å². The highest BCUT2D eigenvalue weighted by atomic mass is 35.5. The summed E-state index contributed by atoms with van der Waals surface area (Å²) in [6.07, 6.45) is 3.53. The second kappa shape index (κ2) is 5.92. The van der Waals surface area contributed by atoms with Crippen molar-refractivity contribution >= 4 is 43.5 Å². The van der Waals surface area contributed by atoms with Crippen molar-refractivity contribution in [3.63, 3.8) is 0 Å². The van der Waals surface area contributed by atoms with Crippen LogP contribution in [0.3, 0.4) is 0 Å². The fourth-order valence-corrected chi connectivity index (χ4v) is 5.75. The highest BCUT2D eigenvalue weighted by molar-refractivity contribution is 7.89. The quantitative estimate of drug-likeness (QED) is 0.883. The van der Waals surface area contributed by atoms with Gasteiger partial charge < -0.3 is 4.98 Å².